The minimum atomic E-state index is -2.64. The summed E-state index contributed by atoms with van der Waals surface area (Å²) in [6.45, 7) is 0. The summed E-state index contributed by atoms with van der Waals surface area (Å²) < 4.78 is 20.9. The van der Waals surface area contributed by atoms with Crippen molar-refractivity contribution in [1.29, 1.82) is 0 Å². The predicted molar refractivity (Wildman–Crippen MR) is 44.4 cm³/mol. The van der Waals surface area contributed by atoms with Crippen LogP contribution >= 0.6 is 11.6 Å². The molecule has 1 aromatic rings. The third-order valence-electron chi connectivity index (χ3n) is 1.17. The molecule has 1 aromatic carbocycles. The van der Waals surface area contributed by atoms with E-state index in [1.54, 1.807) is 6.07 Å². The first kappa shape index (κ1) is 8.36. The Balaban J connectivity index is 3.35. The Labute approximate surface area is 70.7 Å². The van der Waals surface area contributed by atoms with Gasteiger partial charge in [-0.15, -0.1) is 0 Å². The van der Waals surface area contributed by atoms with E-state index in [2.05, 4.69) is 0 Å². The molecular weight excluding hydrogens is 186 g/mol. The van der Waals surface area contributed by atoms with Gasteiger partial charge in [0.05, 0.1) is 9.92 Å². The number of nitrogen functional groups attached to an aromatic ring is 1. The lowest BCUT2D eigenvalue weighted by atomic mass is 10.3. The lowest BCUT2D eigenvalue weighted by Gasteiger charge is -1.96. The van der Waals surface area contributed by atoms with Crippen LogP contribution in [0.25, 0.3) is 0 Å². The topological polar surface area (TPSA) is 60.2 Å². The van der Waals surface area contributed by atoms with E-state index >= 15 is 0 Å². The van der Waals surface area contributed by atoms with Crippen molar-refractivity contribution < 1.29 is 8.42 Å². The highest BCUT2D eigenvalue weighted by molar-refractivity contribution is 7.72. The van der Waals surface area contributed by atoms with Gasteiger partial charge in [0.25, 0.3) is 0 Å². The van der Waals surface area contributed by atoms with Crippen LogP contribution in [0.3, 0.4) is 0 Å². The zero-order valence-electron chi connectivity index (χ0n) is 5.45. The number of hydrogen-bond donors (Lipinski definition) is 2. The Bertz CT molecular complexity index is 340. The molecule has 11 heavy (non-hydrogen) atoms. The number of hydrogen-bond acceptors (Lipinski definition) is 3. The Hall–Kier alpha value is -0.740. The van der Waals surface area contributed by atoms with Gasteiger partial charge in [0, 0.05) is 5.69 Å². The fourth-order valence-electron chi connectivity index (χ4n) is 0.670. The number of thiol groups is 1. The normalized spacial score (nSPS) is 10.4. The molecule has 0 aliphatic heterocycles. The van der Waals surface area contributed by atoms with Gasteiger partial charge in [0.15, 0.2) is 10.7 Å². The SMILES string of the molecule is Nc1ccc(Cl)c([SH](=O)=O)c1. The van der Waals surface area contributed by atoms with Gasteiger partial charge in [0.2, 0.25) is 0 Å². The van der Waals surface area contributed by atoms with Gasteiger partial charge < -0.3 is 5.73 Å². The number of rotatable bonds is 1. The first-order chi connectivity index (χ1) is 5.11. The average Bonchev–Trinajstić information content (AvgIpc) is 1.94. The molecule has 0 aliphatic rings. The van der Waals surface area contributed by atoms with Crippen molar-refractivity contribution in [3.8, 4) is 0 Å². The van der Waals surface area contributed by atoms with Gasteiger partial charge in [-0.25, -0.2) is 8.42 Å². The minimum Gasteiger partial charge on any atom is -0.399 e. The van der Waals surface area contributed by atoms with Gasteiger partial charge in [-0.05, 0) is 18.2 Å². The van der Waals surface area contributed by atoms with Crippen molar-refractivity contribution in [1.82, 2.24) is 0 Å². The average molecular weight is 192 g/mol. The molecule has 2 N–H and O–H groups in total. The third-order valence-corrected chi connectivity index (χ3v) is 2.39. The zero-order chi connectivity index (χ0) is 8.43. The van der Waals surface area contributed by atoms with E-state index in [0.717, 1.165) is 0 Å². The second kappa shape index (κ2) is 3.11. The largest absolute Gasteiger partial charge is 0.399 e. The van der Waals surface area contributed by atoms with E-state index in [-0.39, 0.29) is 9.92 Å². The van der Waals surface area contributed by atoms with E-state index in [9.17, 15) is 8.42 Å². The smallest absolute Gasteiger partial charge is 0.169 e. The maximum atomic E-state index is 10.5. The molecule has 0 bridgehead atoms. The van der Waals surface area contributed by atoms with Crippen LogP contribution in [0.4, 0.5) is 5.69 Å². The van der Waals surface area contributed by atoms with E-state index in [4.69, 9.17) is 17.3 Å². The molecule has 0 fully saturated rings. The fraction of sp³-hybridized carbons (Fsp3) is 0. The van der Waals surface area contributed by atoms with Crippen molar-refractivity contribution >= 4 is 28.0 Å². The molecule has 5 heteroatoms. The van der Waals surface area contributed by atoms with Crippen LogP contribution in [0, 0.1) is 0 Å². The Kier molecular flexibility index (Phi) is 2.36. The molecular formula is C6H6ClNO2S. The monoisotopic (exact) mass is 191 g/mol. The van der Waals surface area contributed by atoms with Crippen LogP contribution in [-0.4, -0.2) is 8.42 Å². The lowest BCUT2D eigenvalue weighted by molar-refractivity contribution is 0.614. The third kappa shape index (κ3) is 1.85. The maximum absolute atomic E-state index is 10.5. The Morgan fingerprint density at radius 1 is 1.36 bits per heavy atom. The molecule has 0 aromatic heterocycles. The summed E-state index contributed by atoms with van der Waals surface area (Å²) in [4.78, 5) is 0.0710. The maximum Gasteiger partial charge on any atom is 0.169 e. The molecule has 0 aliphatic carbocycles. The first-order valence-electron chi connectivity index (χ1n) is 2.80. The number of anilines is 1. The first-order valence-corrected chi connectivity index (χ1v) is 4.36. The predicted octanol–water partition coefficient (Wildman–Crippen LogP) is 0.893. The molecule has 3 nitrogen and oxygen atoms in total. The highest BCUT2D eigenvalue weighted by atomic mass is 35.5. The molecule has 0 unspecified atom stereocenters. The lowest BCUT2D eigenvalue weighted by Crippen LogP contribution is -1.87. The van der Waals surface area contributed by atoms with Crippen LogP contribution in [0.5, 0.6) is 0 Å². The highest BCUT2D eigenvalue weighted by Gasteiger charge is 2.01. The quantitative estimate of drug-likeness (QED) is 0.512. The molecule has 0 saturated heterocycles. The van der Waals surface area contributed by atoms with Crippen molar-refractivity contribution in [2.75, 3.05) is 5.73 Å². The molecule has 0 atom stereocenters. The van der Waals surface area contributed by atoms with Crippen LogP contribution in [0.1, 0.15) is 0 Å². The summed E-state index contributed by atoms with van der Waals surface area (Å²) in [6.07, 6.45) is 0. The van der Waals surface area contributed by atoms with E-state index in [1.165, 1.54) is 12.1 Å². The van der Waals surface area contributed by atoms with Crippen LogP contribution in [-0.2, 0) is 10.7 Å². The molecule has 1 rings (SSSR count). The number of nitrogens with two attached hydrogens (primary N) is 1. The summed E-state index contributed by atoms with van der Waals surface area (Å²) in [7, 11) is -2.64. The van der Waals surface area contributed by atoms with Crippen molar-refractivity contribution in [2.24, 2.45) is 0 Å². The fourth-order valence-corrected chi connectivity index (χ4v) is 1.50. The second-order valence-corrected chi connectivity index (χ2v) is 3.37. The summed E-state index contributed by atoms with van der Waals surface area (Å²) >= 11 is 5.55. The minimum absolute atomic E-state index is 0.0710. The summed E-state index contributed by atoms with van der Waals surface area (Å²) in [5.41, 5.74) is 5.73. The summed E-state index contributed by atoms with van der Waals surface area (Å²) in [6, 6.07) is 4.33. The van der Waals surface area contributed by atoms with E-state index in [1.807, 2.05) is 0 Å². The molecule has 0 spiro atoms. The van der Waals surface area contributed by atoms with Crippen LogP contribution in [0.15, 0.2) is 23.1 Å². The van der Waals surface area contributed by atoms with Crippen LogP contribution < -0.4 is 5.73 Å². The Morgan fingerprint density at radius 2 is 2.00 bits per heavy atom. The molecule has 0 saturated carbocycles. The molecule has 0 amide bonds. The van der Waals surface area contributed by atoms with Crippen molar-refractivity contribution in [2.45, 2.75) is 4.90 Å². The van der Waals surface area contributed by atoms with Gasteiger partial charge in [0.1, 0.15) is 0 Å². The number of benzene rings is 1. The van der Waals surface area contributed by atoms with Crippen molar-refractivity contribution in [3.05, 3.63) is 23.2 Å². The van der Waals surface area contributed by atoms with Gasteiger partial charge >= 0.3 is 0 Å². The molecule has 0 heterocycles. The van der Waals surface area contributed by atoms with Crippen molar-refractivity contribution in [3.63, 3.8) is 0 Å². The molecule has 0 radical (unpaired) electrons. The number of halogens is 1. The zero-order valence-corrected chi connectivity index (χ0v) is 7.10. The van der Waals surface area contributed by atoms with Gasteiger partial charge in [-0.3, -0.25) is 0 Å². The van der Waals surface area contributed by atoms with E-state index in [0.29, 0.717) is 5.69 Å². The molecule has 60 valence electrons. The second-order valence-electron chi connectivity index (χ2n) is 1.97. The van der Waals surface area contributed by atoms with Gasteiger partial charge in [-0.1, -0.05) is 11.6 Å². The van der Waals surface area contributed by atoms with Crippen LogP contribution in [0.2, 0.25) is 5.02 Å². The summed E-state index contributed by atoms with van der Waals surface area (Å²) in [5.74, 6) is 0. The highest BCUT2D eigenvalue weighted by Crippen LogP contribution is 2.19. The van der Waals surface area contributed by atoms with E-state index < -0.39 is 10.7 Å². The standard InChI is InChI=1S/C6H6ClNO2S/c7-5-2-1-4(8)3-6(5)11(9)10/h1-3,11H,8H2. The Morgan fingerprint density at radius 3 is 2.45 bits per heavy atom. The summed E-state index contributed by atoms with van der Waals surface area (Å²) in [5, 5.41) is 0.204. The van der Waals surface area contributed by atoms with Gasteiger partial charge in [-0.2, -0.15) is 0 Å².